The average Bonchev–Trinajstić information content (AvgIpc) is 2.48. The zero-order valence-corrected chi connectivity index (χ0v) is 11.7. The summed E-state index contributed by atoms with van der Waals surface area (Å²) in [6.45, 7) is 0.636. The van der Waals surface area contributed by atoms with Crippen LogP contribution in [-0.2, 0) is 6.54 Å². The van der Waals surface area contributed by atoms with Gasteiger partial charge < -0.3 is 10.6 Å². The zero-order chi connectivity index (χ0) is 15.2. The van der Waals surface area contributed by atoms with Gasteiger partial charge in [0.2, 0.25) is 0 Å². The minimum absolute atomic E-state index is 0.179. The second-order valence-electron chi connectivity index (χ2n) is 4.63. The molecule has 0 aliphatic carbocycles. The van der Waals surface area contributed by atoms with E-state index in [1.54, 1.807) is 42.3 Å². The van der Waals surface area contributed by atoms with Gasteiger partial charge in [0.1, 0.15) is 11.6 Å². The Bertz CT molecular complexity index is 687. The first-order valence-electron chi connectivity index (χ1n) is 6.55. The van der Waals surface area contributed by atoms with Gasteiger partial charge in [-0.15, -0.1) is 0 Å². The number of hydrogen-bond acceptors (Lipinski definition) is 2. The Morgan fingerprint density at radius 3 is 2.57 bits per heavy atom. The summed E-state index contributed by atoms with van der Waals surface area (Å²) in [5.41, 5.74) is 6.94. The number of para-hydroxylation sites is 1. The number of anilines is 1. The van der Waals surface area contributed by atoms with Crippen LogP contribution in [-0.4, -0.2) is 13.6 Å². The lowest BCUT2D eigenvalue weighted by molar-refractivity contribution is 0.619. The summed E-state index contributed by atoms with van der Waals surface area (Å²) in [4.78, 5) is 1.77. The van der Waals surface area contributed by atoms with Crippen LogP contribution in [0.3, 0.4) is 0 Å². The Kier molecular flexibility index (Phi) is 4.91. The van der Waals surface area contributed by atoms with Crippen LogP contribution < -0.4 is 10.6 Å². The number of hydrogen-bond donors (Lipinski definition) is 1. The fraction of sp³-hybridized carbons (Fsp3) is 0.176. The van der Waals surface area contributed by atoms with Crippen LogP contribution in [0.15, 0.2) is 42.5 Å². The van der Waals surface area contributed by atoms with Gasteiger partial charge >= 0.3 is 0 Å². The van der Waals surface area contributed by atoms with Gasteiger partial charge in [-0.05, 0) is 29.8 Å². The van der Waals surface area contributed by atoms with Gasteiger partial charge in [0, 0.05) is 13.6 Å². The molecule has 2 aromatic carbocycles. The minimum atomic E-state index is -0.381. The first kappa shape index (κ1) is 15.0. The molecule has 0 saturated carbocycles. The lowest BCUT2D eigenvalue weighted by atomic mass is 10.1. The molecule has 0 atom stereocenters. The highest BCUT2D eigenvalue weighted by molar-refractivity contribution is 5.48. The third-order valence-corrected chi connectivity index (χ3v) is 3.04. The fourth-order valence-electron chi connectivity index (χ4n) is 2.03. The summed E-state index contributed by atoms with van der Waals surface area (Å²) in [6, 6.07) is 11.2. The summed E-state index contributed by atoms with van der Waals surface area (Å²) < 4.78 is 27.3. The fourth-order valence-corrected chi connectivity index (χ4v) is 2.03. The number of benzene rings is 2. The summed E-state index contributed by atoms with van der Waals surface area (Å²) in [5.74, 6) is 4.66. The highest BCUT2D eigenvalue weighted by Crippen LogP contribution is 2.20. The number of nitrogens with two attached hydrogens (primary N) is 1. The van der Waals surface area contributed by atoms with E-state index in [-0.39, 0.29) is 18.2 Å². The zero-order valence-electron chi connectivity index (χ0n) is 11.7. The average molecular weight is 286 g/mol. The van der Waals surface area contributed by atoms with E-state index in [4.69, 9.17) is 5.73 Å². The maximum atomic E-state index is 13.7. The highest BCUT2D eigenvalue weighted by atomic mass is 19.1. The topological polar surface area (TPSA) is 29.3 Å². The smallest absolute Gasteiger partial charge is 0.146 e. The van der Waals surface area contributed by atoms with Crippen molar-refractivity contribution >= 4 is 5.69 Å². The van der Waals surface area contributed by atoms with E-state index in [2.05, 4.69) is 11.8 Å². The van der Waals surface area contributed by atoms with Crippen LogP contribution in [0.1, 0.15) is 11.1 Å². The number of halogens is 2. The third-order valence-electron chi connectivity index (χ3n) is 3.04. The predicted molar refractivity (Wildman–Crippen MR) is 80.8 cm³/mol. The van der Waals surface area contributed by atoms with E-state index in [1.165, 1.54) is 12.1 Å². The Morgan fingerprint density at radius 1 is 1.10 bits per heavy atom. The van der Waals surface area contributed by atoms with Crippen LogP contribution in [0.5, 0.6) is 0 Å². The van der Waals surface area contributed by atoms with Crippen molar-refractivity contribution in [3.05, 3.63) is 65.2 Å². The van der Waals surface area contributed by atoms with Crippen LogP contribution in [0.4, 0.5) is 14.5 Å². The molecular formula is C17H16F2N2. The first-order valence-corrected chi connectivity index (χ1v) is 6.55. The molecule has 2 aromatic rings. The van der Waals surface area contributed by atoms with Gasteiger partial charge in [-0.1, -0.05) is 30.0 Å². The normalized spacial score (nSPS) is 9.90. The van der Waals surface area contributed by atoms with Crippen molar-refractivity contribution in [2.75, 3.05) is 18.5 Å². The van der Waals surface area contributed by atoms with Gasteiger partial charge in [0.15, 0.2) is 0 Å². The van der Waals surface area contributed by atoms with E-state index in [1.807, 2.05) is 0 Å². The van der Waals surface area contributed by atoms with Crippen molar-refractivity contribution < 1.29 is 8.78 Å². The molecule has 2 rings (SSSR count). The van der Waals surface area contributed by atoms with Gasteiger partial charge in [-0.25, -0.2) is 8.78 Å². The largest absolute Gasteiger partial charge is 0.368 e. The van der Waals surface area contributed by atoms with Crippen molar-refractivity contribution in [1.82, 2.24) is 0 Å². The summed E-state index contributed by atoms with van der Waals surface area (Å²) >= 11 is 0. The van der Waals surface area contributed by atoms with E-state index in [0.717, 1.165) is 5.56 Å². The molecule has 0 bridgehead atoms. The molecule has 21 heavy (non-hydrogen) atoms. The summed E-state index contributed by atoms with van der Waals surface area (Å²) in [5, 5.41) is 0. The maximum Gasteiger partial charge on any atom is 0.146 e. The Morgan fingerprint density at radius 2 is 1.86 bits per heavy atom. The Balaban J connectivity index is 2.22. The van der Waals surface area contributed by atoms with Crippen molar-refractivity contribution in [3.63, 3.8) is 0 Å². The molecule has 0 aliphatic rings. The van der Waals surface area contributed by atoms with Crippen molar-refractivity contribution in [3.8, 4) is 11.8 Å². The van der Waals surface area contributed by atoms with Crippen LogP contribution >= 0.6 is 0 Å². The first-order chi connectivity index (χ1) is 10.1. The third kappa shape index (κ3) is 3.80. The molecule has 0 spiro atoms. The molecule has 2 nitrogen and oxygen atoms in total. The summed E-state index contributed by atoms with van der Waals surface area (Å²) in [6.07, 6.45) is 0. The lowest BCUT2D eigenvalue weighted by Crippen LogP contribution is -2.17. The molecule has 4 heteroatoms. The molecule has 2 N–H and O–H groups in total. The van der Waals surface area contributed by atoms with Gasteiger partial charge in [-0.2, -0.15) is 0 Å². The molecular weight excluding hydrogens is 270 g/mol. The van der Waals surface area contributed by atoms with Crippen LogP contribution in [0, 0.1) is 23.5 Å². The summed E-state index contributed by atoms with van der Waals surface area (Å²) in [7, 11) is 1.78. The van der Waals surface area contributed by atoms with Crippen LogP contribution in [0.25, 0.3) is 0 Å². The monoisotopic (exact) mass is 286 g/mol. The standard InChI is InChI=1S/C17H16F2N2/c1-21(17-7-3-2-6-16(17)19)12-13-8-9-15(18)14(11-13)5-4-10-20/h2-3,6-9,11H,10,12,20H2,1H3. The molecule has 0 saturated heterocycles. The van der Waals surface area contributed by atoms with E-state index < -0.39 is 0 Å². The number of rotatable bonds is 3. The molecule has 0 amide bonds. The molecule has 0 aliphatic heterocycles. The molecule has 0 radical (unpaired) electrons. The van der Waals surface area contributed by atoms with Gasteiger partial charge in [0.05, 0.1) is 17.8 Å². The van der Waals surface area contributed by atoms with Gasteiger partial charge in [-0.3, -0.25) is 0 Å². The van der Waals surface area contributed by atoms with Crippen molar-refractivity contribution in [2.24, 2.45) is 5.73 Å². The van der Waals surface area contributed by atoms with E-state index >= 15 is 0 Å². The van der Waals surface area contributed by atoms with Crippen LogP contribution in [0.2, 0.25) is 0 Å². The lowest BCUT2D eigenvalue weighted by Gasteiger charge is -2.20. The molecule has 0 aromatic heterocycles. The second-order valence-corrected chi connectivity index (χ2v) is 4.63. The molecule has 108 valence electrons. The quantitative estimate of drug-likeness (QED) is 0.879. The van der Waals surface area contributed by atoms with Crippen molar-refractivity contribution in [1.29, 1.82) is 0 Å². The highest BCUT2D eigenvalue weighted by Gasteiger charge is 2.08. The Labute approximate surface area is 123 Å². The van der Waals surface area contributed by atoms with E-state index in [9.17, 15) is 8.78 Å². The predicted octanol–water partition coefficient (Wildman–Crippen LogP) is 2.91. The SMILES string of the molecule is CN(Cc1ccc(F)c(C#CCN)c1)c1ccccc1F. The van der Waals surface area contributed by atoms with Crippen molar-refractivity contribution in [2.45, 2.75) is 6.54 Å². The second kappa shape index (κ2) is 6.87. The molecule has 0 fully saturated rings. The maximum absolute atomic E-state index is 13.7. The minimum Gasteiger partial charge on any atom is -0.368 e. The molecule has 0 unspecified atom stereocenters. The molecule has 0 heterocycles. The Hall–Kier alpha value is -2.38. The van der Waals surface area contributed by atoms with E-state index in [0.29, 0.717) is 17.8 Å². The number of nitrogens with zero attached hydrogens (tertiary/aromatic N) is 1. The van der Waals surface area contributed by atoms with Gasteiger partial charge in [0.25, 0.3) is 0 Å².